The summed E-state index contributed by atoms with van der Waals surface area (Å²) in [6.07, 6.45) is 9.74. The average Bonchev–Trinajstić information content (AvgIpc) is 3.34. The lowest BCUT2D eigenvalue weighted by molar-refractivity contribution is -0.145. The smallest absolute Gasteiger partial charge is 0.328 e. The third-order valence-electron chi connectivity index (χ3n) is 9.02. The number of rotatable bonds is 5. The zero-order chi connectivity index (χ0) is 24.2. The molecule has 0 radical (unpaired) electrons. The van der Waals surface area contributed by atoms with Crippen molar-refractivity contribution in [1.29, 1.82) is 0 Å². The Labute approximate surface area is 212 Å². The Morgan fingerprint density at radius 2 is 1.66 bits per heavy atom. The first kappa shape index (κ1) is 22.9. The second kappa shape index (κ2) is 8.85. The van der Waals surface area contributed by atoms with Crippen molar-refractivity contribution in [3.8, 4) is 0 Å². The molecule has 4 aliphatic carbocycles. The number of methoxy groups -OCH3 is 1. The van der Waals surface area contributed by atoms with Crippen LogP contribution in [0, 0.1) is 17.8 Å². The van der Waals surface area contributed by atoms with E-state index in [1.54, 1.807) is 17.0 Å². The second-order valence-corrected chi connectivity index (χ2v) is 11.7. The van der Waals surface area contributed by atoms with Crippen LogP contribution in [0.1, 0.15) is 67.3 Å². The maximum absolute atomic E-state index is 13.0. The first-order valence-corrected chi connectivity index (χ1v) is 13.4. The molecule has 2 aromatic rings. The van der Waals surface area contributed by atoms with Gasteiger partial charge in [0.05, 0.1) is 17.8 Å². The first-order valence-electron chi connectivity index (χ1n) is 13.0. The Hall–Kier alpha value is -2.53. The topological polar surface area (TPSA) is 58.6 Å². The molecule has 4 saturated carbocycles. The largest absolute Gasteiger partial charge is 0.467 e. The molecule has 6 heteroatoms. The van der Waals surface area contributed by atoms with Gasteiger partial charge in [0.15, 0.2) is 0 Å². The number of anilines is 2. The third-order valence-corrected chi connectivity index (χ3v) is 9.33. The van der Waals surface area contributed by atoms with Crippen molar-refractivity contribution in [2.75, 3.05) is 19.0 Å². The van der Waals surface area contributed by atoms with Crippen molar-refractivity contribution in [2.24, 2.45) is 17.8 Å². The van der Waals surface area contributed by atoms with Crippen molar-refractivity contribution >= 4 is 34.9 Å². The van der Waals surface area contributed by atoms with Crippen LogP contribution in [-0.4, -0.2) is 36.5 Å². The Morgan fingerprint density at radius 3 is 2.26 bits per heavy atom. The van der Waals surface area contributed by atoms with Gasteiger partial charge < -0.3 is 15.0 Å². The molecular formula is C29H33ClN2O3. The molecular weight excluding hydrogens is 460 g/mol. The Kier molecular flexibility index (Phi) is 5.79. The zero-order valence-corrected chi connectivity index (χ0v) is 21.0. The fourth-order valence-electron chi connectivity index (χ4n) is 7.82. The minimum absolute atomic E-state index is 0.137. The van der Waals surface area contributed by atoms with Crippen LogP contribution in [-0.2, 0) is 14.9 Å². The molecule has 1 atom stereocenters. The molecule has 1 N–H and O–H groups in total. The molecule has 7 rings (SSSR count). The summed E-state index contributed by atoms with van der Waals surface area (Å²) < 4.78 is 4.87. The minimum atomic E-state index is -0.489. The fraction of sp³-hybridized carbons (Fsp3) is 0.517. The van der Waals surface area contributed by atoms with E-state index in [4.69, 9.17) is 16.3 Å². The van der Waals surface area contributed by atoms with Gasteiger partial charge in [0, 0.05) is 17.8 Å². The van der Waals surface area contributed by atoms with Crippen molar-refractivity contribution < 1.29 is 14.3 Å². The van der Waals surface area contributed by atoms with Crippen LogP contribution in [0.5, 0.6) is 0 Å². The second-order valence-electron chi connectivity index (χ2n) is 11.3. The van der Waals surface area contributed by atoms with Crippen LogP contribution >= 0.6 is 11.6 Å². The molecule has 5 aliphatic rings. The van der Waals surface area contributed by atoms with Crippen LogP contribution < -0.4 is 5.32 Å². The van der Waals surface area contributed by atoms with Gasteiger partial charge in [-0.15, -0.1) is 0 Å². The number of amides is 1. The molecule has 184 valence electrons. The van der Waals surface area contributed by atoms with Crippen molar-refractivity contribution in [3.05, 3.63) is 58.6 Å². The maximum Gasteiger partial charge on any atom is 0.328 e. The van der Waals surface area contributed by atoms with Gasteiger partial charge in [0.2, 0.25) is 0 Å². The Morgan fingerprint density at radius 1 is 1.00 bits per heavy atom. The number of ether oxygens (including phenoxy) is 1. The van der Waals surface area contributed by atoms with E-state index in [-0.39, 0.29) is 11.9 Å². The molecule has 4 bridgehead atoms. The highest BCUT2D eigenvalue weighted by molar-refractivity contribution is 6.33. The maximum atomic E-state index is 13.0. The number of hydrogen-bond donors (Lipinski definition) is 1. The molecule has 35 heavy (non-hydrogen) atoms. The molecule has 0 unspecified atom stereocenters. The number of carbonyl (C=O) groups excluding carboxylic acids is 2. The SMILES string of the molecule is COC(=O)[C@H]1CCCN1C(=O)c1ccc(Nc2ccc(C34CC5CC(CC(C5)C3)C4)cc2Cl)cc1. The lowest BCUT2D eigenvalue weighted by Crippen LogP contribution is -2.48. The lowest BCUT2D eigenvalue weighted by atomic mass is 9.48. The van der Waals surface area contributed by atoms with Crippen molar-refractivity contribution in [2.45, 2.75) is 62.8 Å². The number of benzene rings is 2. The van der Waals surface area contributed by atoms with Gasteiger partial charge in [-0.2, -0.15) is 0 Å². The van der Waals surface area contributed by atoms with E-state index < -0.39 is 6.04 Å². The van der Waals surface area contributed by atoms with Gasteiger partial charge in [0.1, 0.15) is 6.04 Å². The van der Waals surface area contributed by atoms with Gasteiger partial charge in [-0.25, -0.2) is 4.79 Å². The quantitative estimate of drug-likeness (QED) is 0.495. The molecule has 5 fully saturated rings. The number of carbonyl (C=O) groups is 2. The Bertz CT molecular complexity index is 1110. The standard InChI is InChI=1S/C29H33ClN2O3/c1-35-28(34)26-3-2-10-32(26)27(33)21-4-7-23(8-5-21)31-25-9-6-22(14-24(25)30)29-15-18-11-19(16-29)13-20(12-18)17-29/h4-9,14,18-20,26,31H,2-3,10-13,15-17H2,1H3/t18?,19?,20?,26-,29?/m1/s1. The number of esters is 1. The van der Waals surface area contributed by atoms with Gasteiger partial charge in [-0.3, -0.25) is 4.79 Å². The minimum Gasteiger partial charge on any atom is -0.467 e. The summed E-state index contributed by atoms with van der Waals surface area (Å²) in [5.74, 6) is 2.23. The Balaban J connectivity index is 1.15. The molecule has 1 heterocycles. The van der Waals surface area contributed by atoms with E-state index in [1.807, 2.05) is 12.1 Å². The molecule has 2 aromatic carbocycles. The number of nitrogens with one attached hydrogen (secondary N) is 1. The summed E-state index contributed by atoms with van der Waals surface area (Å²) in [5, 5.41) is 4.16. The van der Waals surface area contributed by atoms with E-state index in [0.29, 0.717) is 23.9 Å². The number of likely N-dealkylation sites (tertiary alicyclic amines) is 1. The van der Waals surface area contributed by atoms with E-state index in [2.05, 4.69) is 23.5 Å². The predicted octanol–water partition coefficient (Wildman–Crippen LogP) is 6.33. The molecule has 0 spiro atoms. The summed E-state index contributed by atoms with van der Waals surface area (Å²) in [6, 6.07) is 13.5. The van der Waals surface area contributed by atoms with Gasteiger partial charge in [-0.05, 0) is 116 Å². The summed E-state index contributed by atoms with van der Waals surface area (Å²) in [5.41, 5.74) is 4.06. The average molecular weight is 493 g/mol. The van der Waals surface area contributed by atoms with Crippen molar-refractivity contribution in [1.82, 2.24) is 4.90 Å². The molecule has 5 nitrogen and oxygen atoms in total. The lowest BCUT2D eigenvalue weighted by Gasteiger charge is -2.57. The molecule has 1 amide bonds. The predicted molar refractivity (Wildman–Crippen MR) is 137 cm³/mol. The van der Waals surface area contributed by atoms with Crippen LogP contribution in [0.4, 0.5) is 11.4 Å². The number of nitrogens with zero attached hydrogens (tertiary/aromatic N) is 1. The summed E-state index contributed by atoms with van der Waals surface area (Å²) in [6.45, 7) is 0.574. The van der Waals surface area contributed by atoms with E-state index >= 15 is 0 Å². The normalized spacial score (nSPS) is 31.0. The van der Waals surface area contributed by atoms with Gasteiger partial charge >= 0.3 is 5.97 Å². The highest BCUT2D eigenvalue weighted by Gasteiger charge is 2.51. The van der Waals surface area contributed by atoms with Gasteiger partial charge in [0.25, 0.3) is 5.91 Å². The monoisotopic (exact) mass is 492 g/mol. The molecule has 1 saturated heterocycles. The first-order chi connectivity index (χ1) is 16.9. The van der Waals surface area contributed by atoms with Crippen LogP contribution in [0.2, 0.25) is 5.02 Å². The molecule has 0 aromatic heterocycles. The number of halogens is 1. The van der Waals surface area contributed by atoms with Crippen molar-refractivity contribution in [3.63, 3.8) is 0 Å². The highest BCUT2D eigenvalue weighted by atomic mass is 35.5. The summed E-state index contributed by atoms with van der Waals surface area (Å²) >= 11 is 6.78. The van der Waals surface area contributed by atoms with E-state index in [9.17, 15) is 9.59 Å². The third kappa shape index (κ3) is 4.12. The summed E-state index contributed by atoms with van der Waals surface area (Å²) in [4.78, 5) is 26.6. The zero-order valence-electron chi connectivity index (χ0n) is 20.3. The van der Waals surface area contributed by atoms with Crippen LogP contribution in [0.15, 0.2) is 42.5 Å². The van der Waals surface area contributed by atoms with Crippen LogP contribution in [0.25, 0.3) is 0 Å². The fourth-order valence-corrected chi connectivity index (χ4v) is 8.05. The van der Waals surface area contributed by atoms with Crippen LogP contribution in [0.3, 0.4) is 0 Å². The number of hydrogen-bond acceptors (Lipinski definition) is 4. The summed E-state index contributed by atoms with van der Waals surface area (Å²) in [7, 11) is 1.37. The van der Waals surface area contributed by atoms with Gasteiger partial charge in [-0.1, -0.05) is 17.7 Å². The van der Waals surface area contributed by atoms with E-state index in [1.165, 1.54) is 51.2 Å². The van der Waals surface area contributed by atoms with E-state index in [0.717, 1.165) is 40.6 Å². The highest BCUT2D eigenvalue weighted by Crippen LogP contribution is 2.61. The molecule has 1 aliphatic heterocycles.